The normalized spacial score (nSPS) is 17.9. The molecule has 0 atom stereocenters. The molecule has 0 unspecified atom stereocenters. The van der Waals surface area contributed by atoms with Crippen LogP contribution in [-0.2, 0) is 4.79 Å². The first-order valence-electron chi connectivity index (χ1n) is 9.68. The Morgan fingerprint density at radius 1 is 0.963 bits per heavy atom. The summed E-state index contributed by atoms with van der Waals surface area (Å²) < 4.78 is 0. The van der Waals surface area contributed by atoms with Crippen molar-refractivity contribution in [1.82, 2.24) is 9.80 Å². The van der Waals surface area contributed by atoms with Crippen LogP contribution in [0.3, 0.4) is 0 Å². The van der Waals surface area contributed by atoms with Crippen LogP contribution in [0.5, 0.6) is 0 Å². The maximum Gasteiger partial charge on any atom is 0.319 e. The number of piperidine rings is 1. The van der Waals surface area contributed by atoms with Crippen LogP contribution in [0, 0.1) is 5.92 Å². The van der Waals surface area contributed by atoms with E-state index in [4.69, 9.17) is 0 Å². The number of thiophene rings is 1. The van der Waals surface area contributed by atoms with Gasteiger partial charge in [0.15, 0.2) is 0 Å². The molecule has 3 amide bonds. The van der Waals surface area contributed by atoms with E-state index >= 15 is 0 Å². The van der Waals surface area contributed by atoms with Crippen molar-refractivity contribution in [1.29, 1.82) is 0 Å². The van der Waals surface area contributed by atoms with Gasteiger partial charge in [0.2, 0.25) is 5.91 Å². The van der Waals surface area contributed by atoms with Crippen LogP contribution >= 0.6 is 11.3 Å². The number of nitrogens with zero attached hydrogens (tertiary/aromatic N) is 2. The van der Waals surface area contributed by atoms with Crippen molar-refractivity contribution in [2.75, 3.05) is 31.5 Å². The average molecular weight is 384 g/mol. The van der Waals surface area contributed by atoms with E-state index in [1.165, 1.54) is 5.56 Å². The Hall–Kier alpha value is -2.34. The Balaban J connectivity index is 1.32. The molecule has 0 bridgehead atoms. The first-order valence-corrected chi connectivity index (χ1v) is 10.6. The smallest absolute Gasteiger partial charge is 0.319 e. The second-order valence-corrected chi connectivity index (χ2v) is 8.10. The minimum atomic E-state index is -0.0302. The Morgan fingerprint density at radius 3 is 2.41 bits per heavy atom. The molecule has 2 aromatic rings. The molecule has 6 heteroatoms. The third-order valence-electron chi connectivity index (χ3n) is 5.50. The summed E-state index contributed by atoms with van der Waals surface area (Å²) in [5, 5.41) is 7.22. The van der Waals surface area contributed by atoms with Gasteiger partial charge in [0, 0.05) is 37.8 Å². The summed E-state index contributed by atoms with van der Waals surface area (Å²) in [7, 11) is 0. The summed E-state index contributed by atoms with van der Waals surface area (Å²) in [6.07, 6.45) is 3.68. The number of anilines is 1. The van der Waals surface area contributed by atoms with Crippen molar-refractivity contribution < 1.29 is 9.59 Å². The summed E-state index contributed by atoms with van der Waals surface area (Å²) >= 11 is 1.67. The number of carbonyl (C=O) groups is 2. The van der Waals surface area contributed by atoms with Crippen molar-refractivity contribution in [3.63, 3.8) is 0 Å². The van der Waals surface area contributed by atoms with E-state index in [0.29, 0.717) is 13.1 Å². The summed E-state index contributed by atoms with van der Waals surface area (Å²) in [5.74, 6) is 0.0307. The number of urea groups is 1. The van der Waals surface area contributed by atoms with Crippen LogP contribution in [0.1, 0.15) is 25.7 Å². The lowest BCUT2D eigenvalue weighted by Gasteiger charge is -2.34. The number of likely N-dealkylation sites (tertiary alicyclic amines) is 2. The third kappa shape index (κ3) is 4.16. The number of nitrogens with one attached hydrogen (secondary N) is 1. The number of hydrogen-bond acceptors (Lipinski definition) is 3. The number of amides is 3. The van der Waals surface area contributed by atoms with Gasteiger partial charge in [-0.3, -0.25) is 4.79 Å². The molecular weight excluding hydrogens is 358 g/mol. The zero-order chi connectivity index (χ0) is 18.6. The van der Waals surface area contributed by atoms with Gasteiger partial charge in [-0.15, -0.1) is 0 Å². The highest BCUT2D eigenvalue weighted by Crippen LogP contribution is 2.26. The lowest BCUT2D eigenvalue weighted by Crippen LogP contribution is -2.47. The molecular formula is C21H25N3O2S. The zero-order valence-corrected chi connectivity index (χ0v) is 16.2. The first kappa shape index (κ1) is 18.0. The van der Waals surface area contributed by atoms with E-state index in [1.807, 2.05) is 28.0 Å². The van der Waals surface area contributed by atoms with E-state index in [1.54, 1.807) is 11.3 Å². The molecule has 0 radical (unpaired) electrons. The van der Waals surface area contributed by atoms with Crippen LogP contribution in [-0.4, -0.2) is 47.9 Å². The van der Waals surface area contributed by atoms with Crippen molar-refractivity contribution in [2.45, 2.75) is 25.7 Å². The highest BCUT2D eigenvalue weighted by atomic mass is 32.1. The fourth-order valence-electron chi connectivity index (χ4n) is 3.89. The predicted molar refractivity (Wildman–Crippen MR) is 109 cm³/mol. The molecule has 0 spiro atoms. The monoisotopic (exact) mass is 383 g/mol. The molecule has 1 N–H and O–H groups in total. The Bertz CT molecular complexity index is 792. The van der Waals surface area contributed by atoms with Crippen molar-refractivity contribution >= 4 is 29.0 Å². The lowest BCUT2D eigenvalue weighted by molar-refractivity contribution is -0.121. The average Bonchev–Trinajstić information content (AvgIpc) is 3.42. The third-order valence-corrected chi connectivity index (χ3v) is 6.18. The van der Waals surface area contributed by atoms with Crippen LogP contribution in [0.2, 0.25) is 0 Å². The van der Waals surface area contributed by atoms with Crippen LogP contribution in [0.15, 0.2) is 41.1 Å². The van der Waals surface area contributed by atoms with Gasteiger partial charge in [0.1, 0.15) is 0 Å². The van der Waals surface area contributed by atoms with Crippen molar-refractivity contribution in [2.24, 2.45) is 5.92 Å². The Kier molecular flexibility index (Phi) is 5.43. The Labute approximate surface area is 164 Å². The van der Waals surface area contributed by atoms with Gasteiger partial charge in [-0.1, -0.05) is 12.1 Å². The quantitative estimate of drug-likeness (QED) is 0.860. The SMILES string of the molecule is O=C(Nc1cccc(-c2ccsc2)c1)C1CCN(C(=O)N2CCCC2)CC1. The minimum absolute atomic E-state index is 0.0302. The molecule has 0 aliphatic carbocycles. The molecule has 2 fully saturated rings. The van der Waals surface area contributed by atoms with Gasteiger partial charge in [-0.05, 0) is 65.8 Å². The van der Waals surface area contributed by atoms with Crippen molar-refractivity contribution in [3.05, 3.63) is 41.1 Å². The molecule has 1 aromatic heterocycles. The van der Waals surface area contributed by atoms with Gasteiger partial charge >= 0.3 is 6.03 Å². The van der Waals surface area contributed by atoms with Gasteiger partial charge in [-0.2, -0.15) is 11.3 Å². The van der Waals surface area contributed by atoms with Crippen LogP contribution < -0.4 is 5.32 Å². The van der Waals surface area contributed by atoms with Crippen molar-refractivity contribution in [3.8, 4) is 11.1 Å². The topological polar surface area (TPSA) is 52.7 Å². The lowest BCUT2D eigenvalue weighted by atomic mass is 9.96. The van der Waals surface area contributed by atoms with E-state index in [9.17, 15) is 9.59 Å². The first-order chi connectivity index (χ1) is 13.2. The maximum atomic E-state index is 12.7. The molecule has 3 heterocycles. The standard InChI is InChI=1S/C21H25N3O2S/c25-20(22-19-5-3-4-17(14-19)18-8-13-27-15-18)16-6-11-24(12-7-16)21(26)23-9-1-2-10-23/h3-5,8,13-16H,1-2,6-7,9-12H2,(H,22,25). The fraction of sp³-hybridized carbons (Fsp3) is 0.429. The molecule has 4 rings (SSSR count). The molecule has 0 saturated carbocycles. The molecule has 2 aliphatic heterocycles. The highest BCUT2D eigenvalue weighted by Gasteiger charge is 2.30. The van der Waals surface area contributed by atoms with Gasteiger partial charge < -0.3 is 15.1 Å². The zero-order valence-electron chi connectivity index (χ0n) is 15.4. The molecule has 2 saturated heterocycles. The Morgan fingerprint density at radius 2 is 1.70 bits per heavy atom. The molecule has 5 nitrogen and oxygen atoms in total. The maximum absolute atomic E-state index is 12.7. The summed E-state index contributed by atoms with van der Waals surface area (Å²) in [6, 6.07) is 10.2. The van der Waals surface area contributed by atoms with E-state index < -0.39 is 0 Å². The summed E-state index contributed by atoms with van der Waals surface area (Å²) in [5.41, 5.74) is 3.11. The van der Waals surface area contributed by atoms with Gasteiger partial charge in [0.25, 0.3) is 0 Å². The molecule has 142 valence electrons. The van der Waals surface area contributed by atoms with Crippen LogP contribution in [0.25, 0.3) is 11.1 Å². The predicted octanol–water partition coefficient (Wildman–Crippen LogP) is 4.28. The summed E-state index contributed by atoms with van der Waals surface area (Å²) in [6.45, 7) is 3.09. The number of benzene rings is 1. The second-order valence-electron chi connectivity index (χ2n) is 7.32. The largest absolute Gasteiger partial charge is 0.326 e. The van der Waals surface area contributed by atoms with Crippen LogP contribution in [0.4, 0.5) is 10.5 Å². The molecule has 2 aliphatic rings. The number of carbonyl (C=O) groups excluding carboxylic acids is 2. The van der Waals surface area contributed by atoms with Gasteiger partial charge in [0.05, 0.1) is 0 Å². The van der Waals surface area contributed by atoms with Gasteiger partial charge in [-0.25, -0.2) is 4.79 Å². The summed E-state index contributed by atoms with van der Waals surface area (Å²) in [4.78, 5) is 29.0. The van der Waals surface area contributed by atoms with E-state index in [-0.39, 0.29) is 17.9 Å². The fourth-order valence-corrected chi connectivity index (χ4v) is 4.56. The van der Waals surface area contributed by atoms with E-state index in [2.05, 4.69) is 28.2 Å². The second kappa shape index (κ2) is 8.13. The molecule has 1 aromatic carbocycles. The minimum Gasteiger partial charge on any atom is -0.326 e. The number of rotatable bonds is 3. The van der Waals surface area contributed by atoms with E-state index in [0.717, 1.165) is 50.0 Å². The molecule has 27 heavy (non-hydrogen) atoms. The number of hydrogen-bond donors (Lipinski definition) is 1. The highest BCUT2D eigenvalue weighted by molar-refractivity contribution is 7.08.